The van der Waals surface area contributed by atoms with Crippen LogP contribution in [-0.4, -0.2) is 44.3 Å². The summed E-state index contributed by atoms with van der Waals surface area (Å²) < 4.78 is 24.6. The van der Waals surface area contributed by atoms with Gasteiger partial charge in [0.05, 0.1) is 19.3 Å². The van der Waals surface area contributed by atoms with Gasteiger partial charge in [0.1, 0.15) is 6.29 Å². The number of unbranched alkanes of at least 4 members (excludes halogenated alkanes) is 2. The number of allylic oxidation sites excluding steroid dienone is 1. The van der Waals surface area contributed by atoms with Crippen molar-refractivity contribution in [2.75, 3.05) is 19.8 Å². The predicted molar refractivity (Wildman–Crippen MR) is 122 cm³/mol. The molecule has 5 nitrogen and oxygen atoms in total. The lowest BCUT2D eigenvalue weighted by molar-refractivity contribution is -0.198. The van der Waals surface area contributed by atoms with E-state index in [0.29, 0.717) is 25.6 Å². The minimum atomic E-state index is -0.489. The average molecular weight is 437 g/mol. The quantitative estimate of drug-likeness (QED) is 0.219. The SMILES string of the molecule is CCCCCC(C)(C)C(C=CC1CCC2(OCCO2)C1CCC=O)OC1CCCCO1. The molecule has 2 aliphatic heterocycles. The minimum Gasteiger partial charge on any atom is -0.353 e. The summed E-state index contributed by atoms with van der Waals surface area (Å²) in [6.45, 7) is 9.00. The Morgan fingerprint density at radius 1 is 1.13 bits per heavy atom. The normalized spacial score (nSPS) is 29.7. The van der Waals surface area contributed by atoms with Gasteiger partial charge < -0.3 is 23.7 Å². The lowest BCUT2D eigenvalue weighted by Crippen LogP contribution is -2.37. The van der Waals surface area contributed by atoms with E-state index in [2.05, 4.69) is 32.9 Å². The molecule has 4 unspecified atom stereocenters. The first-order chi connectivity index (χ1) is 15.0. The second-order valence-corrected chi connectivity index (χ2v) is 10.2. The fourth-order valence-corrected chi connectivity index (χ4v) is 5.51. The van der Waals surface area contributed by atoms with Gasteiger partial charge in [0.25, 0.3) is 0 Å². The fourth-order valence-electron chi connectivity index (χ4n) is 5.51. The summed E-state index contributed by atoms with van der Waals surface area (Å²) in [5, 5.41) is 0. The first kappa shape index (κ1) is 24.9. The van der Waals surface area contributed by atoms with E-state index < -0.39 is 5.79 Å². The van der Waals surface area contributed by atoms with E-state index in [9.17, 15) is 4.79 Å². The summed E-state index contributed by atoms with van der Waals surface area (Å²) in [4.78, 5) is 11.1. The summed E-state index contributed by atoms with van der Waals surface area (Å²) in [6.07, 6.45) is 17.0. The van der Waals surface area contributed by atoms with Crippen molar-refractivity contribution in [3.63, 3.8) is 0 Å². The van der Waals surface area contributed by atoms with Gasteiger partial charge in [-0.15, -0.1) is 0 Å². The predicted octanol–water partition coefficient (Wildman–Crippen LogP) is 5.81. The van der Waals surface area contributed by atoms with Gasteiger partial charge in [0, 0.05) is 25.4 Å². The number of hydrogen-bond acceptors (Lipinski definition) is 5. The van der Waals surface area contributed by atoms with Gasteiger partial charge in [0.2, 0.25) is 0 Å². The Morgan fingerprint density at radius 2 is 1.94 bits per heavy atom. The zero-order chi connectivity index (χ0) is 22.2. The molecule has 0 aromatic rings. The van der Waals surface area contributed by atoms with E-state index in [1.54, 1.807) is 0 Å². The zero-order valence-electron chi connectivity index (χ0n) is 20.0. The highest BCUT2D eigenvalue weighted by Gasteiger charge is 2.51. The van der Waals surface area contributed by atoms with Gasteiger partial charge in [-0.25, -0.2) is 0 Å². The Hall–Kier alpha value is -0.750. The van der Waals surface area contributed by atoms with Crippen LogP contribution >= 0.6 is 0 Å². The first-order valence-electron chi connectivity index (χ1n) is 12.7. The van der Waals surface area contributed by atoms with E-state index in [1.165, 1.54) is 25.7 Å². The van der Waals surface area contributed by atoms with E-state index in [-0.39, 0.29) is 23.7 Å². The Balaban J connectivity index is 1.72. The molecule has 0 bridgehead atoms. The molecule has 2 heterocycles. The summed E-state index contributed by atoms with van der Waals surface area (Å²) in [5.41, 5.74) is 0.0431. The van der Waals surface area contributed by atoms with Crippen molar-refractivity contribution >= 4 is 6.29 Å². The molecule has 3 rings (SSSR count). The molecule has 2 saturated heterocycles. The van der Waals surface area contributed by atoms with Crippen molar-refractivity contribution in [2.45, 2.75) is 110 Å². The number of hydrogen-bond donors (Lipinski definition) is 0. The van der Waals surface area contributed by atoms with Crippen LogP contribution in [0.25, 0.3) is 0 Å². The van der Waals surface area contributed by atoms with Gasteiger partial charge in [-0.1, -0.05) is 52.2 Å². The molecule has 0 N–H and O–H groups in total. The molecular formula is C26H44O5. The second-order valence-electron chi connectivity index (χ2n) is 10.2. The van der Waals surface area contributed by atoms with Crippen molar-refractivity contribution in [1.82, 2.24) is 0 Å². The molecule has 3 aliphatic rings. The van der Waals surface area contributed by atoms with Gasteiger partial charge in [-0.05, 0) is 49.9 Å². The van der Waals surface area contributed by atoms with Crippen LogP contribution in [-0.2, 0) is 23.7 Å². The molecule has 178 valence electrons. The van der Waals surface area contributed by atoms with Crippen LogP contribution in [0.15, 0.2) is 12.2 Å². The number of ether oxygens (including phenoxy) is 4. The Kier molecular flexibility index (Phi) is 9.57. The highest BCUT2D eigenvalue weighted by molar-refractivity contribution is 5.49. The van der Waals surface area contributed by atoms with Crippen molar-refractivity contribution < 1.29 is 23.7 Å². The number of aldehydes is 1. The molecule has 0 aromatic heterocycles. The standard InChI is InChI=1S/C26H44O5/c1-4-5-7-15-25(2,3)23(31-24-11-6-8-18-28-24)13-12-21-14-16-26(29-19-20-30-26)22(21)10-9-17-27/h12-13,17,21-24H,4-11,14-16,18-20H2,1-3H3. The molecule has 4 atom stereocenters. The van der Waals surface area contributed by atoms with Crippen LogP contribution in [0.5, 0.6) is 0 Å². The molecule has 1 spiro atoms. The molecule has 31 heavy (non-hydrogen) atoms. The molecule has 0 radical (unpaired) electrons. The van der Waals surface area contributed by atoms with Gasteiger partial charge in [-0.3, -0.25) is 0 Å². The summed E-state index contributed by atoms with van der Waals surface area (Å²) in [7, 11) is 0. The van der Waals surface area contributed by atoms with Crippen molar-refractivity contribution in [2.24, 2.45) is 17.3 Å². The number of carbonyl (C=O) groups is 1. The highest BCUT2D eigenvalue weighted by atomic mass is 16.7. The first-order valence-corrected chi connectivity index (χ1v) is 12.7. The smallest absolute Gasteiger partial charge is 0.171 e. The molecule has 0 amide bonds. The summed E-state index contributed by atoms with van der Waals surface area (Å²) in [5.74, 6) is 0.0893. The van der Waals surface area contributed by atoms with Crippen molar-refractivity contribution in [1.29, 1.82) is 0 Å². The maximum Gasteiger partial charge on any atom is 0.171 e. The van der Waals surface area contributed by atoms with Gasteiger partial charge >= 0.3 is 0 Å². The largest absolute Gasteiger partial charge is 0.353 e. The van der Waals surface area contributed by atoms with Crippen LogP contribution in [0, 0.1) is 17.3 Å². The van der Waals surface area contributed by atoms with Crippen LogP contribution in [0.3, 0.4) is 0 Å². The third kappa shape index (κ3) is 6.63. The lowest BCUT2D eigenvalue weighted by atomic mass is 9.80. The maximum absolute atomic E-state index is 11.1. The minimum absolute atomic E-state index is 0.0149. The van der Waals surface area contributed by atoms with E-state index in [1.807, 2.05) is 0 Å². The van der Waals surface area contributed by atoms with Crippen LogP contribution in [0.1, 0.15) is 91.4 Å². The molecule has 0 aromatic carbocycles. The summed E-state index contributed by atoms with van der Waals surface area (Å²) >= 11 is 0. The molecular weight excluding hydrogens is 392 g/mol. The second kappa shape index (κ2) is 11.9. The van der Waals surface area contributed by atoms with Gasteiger partial charge in [-0.2, -0.15) is 0 Å². The molecule has 5 heteroatoms. The number of carbonyl (C=O) groups excluding carboxylic acids is 1. The third-order valence-corrected chi connectivity index (χ3v) is 7.44. The molecule has 3 fully saturated rings. The topological polar surface area (TPSA) is 54.0 Å². The van der Waals surface area contributed by atoms with Crippen LogP contribution < -0.4 is 0 Å². The van der Waals surface area contributed by atoms with Gasteiger partial charge in [0.15, 0.2) is 12.1 Å². The maximum atomic E-state index is 11.1. The monoisotopic (exact) mass is 436 g/mol. The third-order valence-electron chi connectivity index (χ3n) is 7.44. The average Bonchev–Trinajstić information content (AvgIpc) is 3.38. The zero-order valence-corrected chi connectivity index (χ0v) is 20.0. The lowest BCUT2D eigenvalue weighted by Gasteiger charge is -2.36. The summed E-state index contributed by atoms with van der Waals surface area (Å²) in [6, 6.07) is 0. The Morgan fingerprint density at radius 3 is 2.61 bits per heavy atom. The Labute approximate surface area is 189 Å². The Bertz CT molecular complexity index is 560. The van der Waals surface area contributed by atoms with Crippen LogP contribution in [0.2, 0.25) is 0 Å². The highest BCUT2D eigenvalue weighted by Crippen LogP contribution is 2.48. The fraction of sp³-hybridized carbons (Fsp3) is 0.885. The van der Waals surface area contributed by atoms with E-state index in [4.69, 9.17) is 18.9 Å². The van der Waals surface area contributed by atoms with E-state index >= 15 is 0 Å². The number of rotatable bonds is 12. The van der Waals surface area contributed by atoms with Crippen LogP contribution in [0.4, 0.5) is 0 Å². The van der Waals surface area contributed by atoms with E-state index in [0.717, 1.165) is 51.4 Å². The molecule has 1 aliphatic carbocycles. The molecule has 1 saturated carbocycles. The van der Waals surface area contributed by atoms with Crippen molar-refractivity contribution in [3.8, 4) is 0 Å². The van der Waals surface area contributed by atoms with Crippen molar-refractivity contribution in [3.05, 3.63) is 12.2 Å².